The molecular weight excluding hydrogens is 396 g/mol. The van der Waals surface area contributed by atoms with E-state index in [1.807, 2.05) is 45.9 Å². The lowest BCUT2D eigenvalue weighted by Crippen LogP contribution is -2.65. The lowest BCUT2D eigenvalue weighted by Gasteiger charge is -2.55. The zero-order valence-corrected chi connectivity index (χ0v) is 19.3. The molecule has 2 saturated carbocycles. The molecule has 1 aromatic rings. The van der Waals surface area contributed by atoms with Gasteiger partial charge in [0.2, 0.25) is 0 Å². The first-order chi connectivity index (χ1) is 14.4. The normalized spacial score (nSPS) is 45.3. The van der Waals surface area contributed by atoms with E-state index in [-0.39, 0.29) is 36.1 Å². The Kier molecular flexibility index (Phi) is 4.51. The Morgan fingerprint density at radius 1 is 1.13 bits per heavy atom. The summed E-state index contributed by atoms with van der Waals surface area (Å²) in [6, 6.07) is 9.08. The summed E-state index contributed by atoms with van der Waals surface area (Å²) in [5.74, 6) is -1.08. The average molecular weight is 431 g/mol. The summed E-state index contributed by atoms with van der Waals surface area (Å²) in [4.78, 5) is 13.0. The number of hydrogen-bond donors (Lipinski definition) is 1. The van der Waals surface area contributed by atoms with Crippen LogP contribution in [0.3, 0.4) is 0 Å². The van der Waals surface area contributed by atoms with Gasteiger partial charge in [0.25, 0.3) is 0 Å². The van der Waals surface area contributed by atoms with Gasteiger partial charge < -0.3 is 24.1 Å². The van der Waals surface area contributed by atoms with E-state index < -0.39 is 28.5 Å². The molecule has 170 valence electrons. The molecule has 0 unspecified atom stereocenters. The number of epoxide rings is 1. The molecule has 2 saturated heterocycles. The molecule has 4 aliphatic rings. The van der Waals surface area contributed by atoms with Gasteiger partial charge in [-0.05, 0) is 52.7 Å². The van der Waals surface area contributed by atoms with Crippen molar-refractivity contribution in [2.45, 2.75) is 95.8 Å². The molecule has 5 rings (SSSR count). The molecule has 2 heterocycles. The Hall–Kier alpha value is -1.47. The summed E-state index contributed by atoms with van der Waals surface area (Å²) in [5.41, 5.74) is -1.37. The second-order valence-electron chi connectivity index (χ2n) is 11.1. The quantitative estimate of drug-likeness (QED) is 0.582. The van der Waals surface area contributed by atoms with Gasteiger partial charge in [-0.15, -0.1) is 0 Å². The van der Waals surface area contributed by atoms with Crippen LogP contribution in [0.2, 0.25) is 0 Å². The predicted octanol–water partition coefficient (Wildman–Crippen LogP) is 3.71. The summed E-state index contributed by atoms with van der Waals surface area (Å²) in [5, 5.41) is 11.0. The van der Waals surface area contributed by atoms with Crippen molar-refractivity contribution < 1.29 is 28.8 Å². The Morgan fingerprint density at radius 3 is 2.45 bits per heavy atom. The van der Waals surface area contributed by atoms with Crippen molar-refractivity contribution in [2.24, 2.45) is 17.3 Å². The third-order valence-electron chi connectivity index (χ3n) is 8.31. The smallest absolute Gasteiger partial charge is 0.338 e. The van der Waals surface area contributed by atoms with E-state index in [0.29, 0.717) is 18.4 Å². The number of carbonyl (C=O) groups excluding carboxylic acids is 1. The van der Waals surface area contributed by atoms with Gasteiger partial charge in [-0.25, -0.2) is 4.79 Å². The largest absolute Gasteiger partial charge is 0.458 e. The molecule has 0 amide bonds. The fraction of sp³-hybridized carbons (Fsp3) is 0.720. The maximum atomic E-state index is 13.0. The SMILES string of the molecule is C[C@@H]1[C@H]2OC(C)(C)O[C@H]2C[C@@]2(C)[C@@H](OC(=O)c3ccccc3)C[C@@H](C(C)(C)O)[C@@H]3O[C@@]132. The Labute approximate surface area is 184 Å². The second-order valence-corrected chi connectivity index (χ2v) is 11.1. The van der Waals surface area contributed by atoms with Crippen molar-refractivity contribution in [1.29, 1.82) is 0 Å². The fourth-order valence-electron chi connectivity index (χ4n) is 6.78. The summed E-state index contributed by atoms with van der Waals surface area (Å²) in [7, 11) is 0. The molecule has 2 aliphatic heterocycles. The van der Waals surface area contributed by atoms with Crippen LogP contribution in [0.1, 0.15) is 64.7 Å². The highest BCUT2D eigenvalue weighted by molar-refractivity contribution is 5.89. The van der Waals surface area contributed by atoms with Crippen molar-refractivity contribution in [2.75, 3.05) is 0 Å². The first-order valence-electron chi connectivity index (χ1n) is 11.4. The number of benzene rings is 1. The zero-order chi connectivity index (χ0) is 22.4. The molecule has 8 atom stereocenters. The monoisotopic (exact) mass is 430 g/mol. The first kappa shape index (κ1) is 21.4. The highest BCUT2D eigenvalue weighted by Gasteiger charge is 2.82. The van der Waals surface area contributed by atoms with Crippen molar-refractivity contribution >= 4 is 5.97 Å². The number of ether oxygens (including phenoxy) is 4. The van der Waals surface area contributed by atoms with Gasteiger partial charge in [0.15, 0.2) is 5.79 Å². The summed E-state index contributed by atoms with van der Waals surface area (Å²) < 4.78 is 25.3. The number of aliphatic hydroxyl groups is 1. The number of carbonyl (C=O) groups is 1. The Morgan fingerprint density at radius 2 is 1.81 bits per heavy atom. The van der Waals surface area contributed by atoms with Crippen LogP contribution in [-0.2, 0) is 18.9 Å². The maximum Gasteiger partial charge on any atom is 0.338 e. The van der Waals surface area contributed by atoms with Gasteiger partial charge in [-0.2, -0.15) is 0 Å². The van der Waals surface area contributed by atoms with Gasteiger partial charge >= 0.3 is 5.97 Å². The van der Waals surface area contributed by atoms with Crippen LogP contribution in [0.25, 0.3) is 0 Å². The minimum Gasteiger partial charge on any atom is -0.458 e. The number of esters is 1. The van der Waals surface area contributed by atoms with Crippen molar-refractivity contribution in [3.05, 3.63) is 35.9 Å². The lowest BCUT2D eigenvalue weighted by molar-refractivity contribution is -0.151. The van der Waals surface area contributed by atoms with Crippen LogP contribution >= 0.6 is 0 Å². The van der Waals surface area contributed by atoms with Crippen molar-refractivity contribution in [3.8, 4) is 0 Å². The molecule has 6 nitrogen and oxygen atoms in total. The predicted molar refractivity (Wildman–Crippen MR) is 113 cm³/mol. The fourth-order valence-corrected chi connectivity index (χ4v) is 6.78. The molecule has 1 N–H and O–H groups in total. The molecule has 6 heteroatoms. The summed E-state index contributed by atoms with van der Waals surface area (Å²) in [6.45, 7) is 11.8. The molecule has 1 aromatic carbocycles. The Bertz CT molecular complexity index is 876. The standard InChI is InChI=1S/C25H34O6/c1-14-19-17(29-23(4,5)30-19)13-24(6)18(28-21(26)15-10-8-7-9-11-15)12-16(22(2,3)27)20-25(14,24)31-20/h7-11,14,16-20,27H,12-13H2,1-6H3/t14-,16-,17+,18+,19-,20+,24+,25+/m1/s1. The van der Waals surface area contributed by atoms with E-state index in [9.17, 15) is 9.90 Å². The summed E-state index contributed by atoms with van der Waals surface area (Å²) in [6.07, 6.45) is 0.590. The molecular formula is C25H34O6. The highest BCUT2D eigenvalue weighted by Crippen LogP contribution is 2.71. The van der Waals surface area contributed by atoms with Gasteiger partial charge in [0.05, 0.1) is 29.5 Å². The van der Waals surface area contributed by atoms with Crippen LogP contribution < -0.4 is 0 Å². The molecule has 1 spiro atoms. The third-order valence-corrected chi connectivity index (χ3v) is 8.31. The van der Waals surface area contributed by atoms with E-state index in [0.717, 1.165) is 0 Å². The van der Waals surface area contributed by atoms with Crippen LogP contribution in [-0.4, -0.2) is 52.5 Å². The number of rotatable bonds is 3. The molecule has 4 fully saturated rings. The minimum absolute atomic E-state index is 0.0473. The first-order valence-corrected chi connectivity index (χ1v) is 11.4. The zero-order valence-electron chi connectivity index (χ0n) is 19.3. The van der Waals surface area contributed by atoms with Crippen LogP contribution in [0.5, 0.6) is 0 Å². The second kappa shape index (κ2) is 6.53. The van der Waals surface area contributed by atoms with E-state index >= 15 is 0 Å². The third kappa shape index (κ3) is 3.02. The molecule has 31 heavy (non-hydrogen) atoms. The maximum absolute atomic E-state index is 13.0. The van der Waals surface area contributed by atoms with E-state index in [4.69, 9.17) is 18.9 Å². The van der Waals surface area contributed by atoms with Crippen molar-refractivity contribution in [1.82, 2.24) is 0 Å². The van der Waals surface area contributed by atoms with Gasteiger partial charge in [-0.3, -0.25) is 0 Å². The van der Waals surface area contributed by atoms with Gasteiger partial charge in [0.1, 0.15) is 11.7 Å². The van der Waals surface area contributed by atoms with E-state index in [2.05, 4.69) is 13.8 Å². The molecule has 2 aliphatic carbocycles. The Balaban J connectivity index is 1.52. The minimum atomic E-state index is -0.949. The van der Waals surface area contributed by atoms with Crippen LogP contribution in [0.4, 0.5) is 0 Å². The summed E-state index contributed by atoms with van der Waals surface area (Å²) >= 11 is 0. The number of fused-ring (bicyclic) bond motifs is 1. The van der Waals surface area contributed by atoms with Gasteiger partial charge in [0, 0.05) is 17.3 Å². The van der Waals surface area contributed by atoms with E-state index in [1.54, 1.807) is 12.1 Å². The topological polar surface area (TPSA) is 77.5 Å². The number of hydrogen-bond acceptors (Lipinski definition) is 6. The molecule has 0 aromatic heterocycles. The van der Waals surface area contributed by atoms with E-state index in [1.165, 1.54) is 0 Å². The average Bonchev–Trinajstić information content (AvgIpc) is 3.36. The van der Waals surface area contributed by atoms with Crippen LogP contribution in [0, 0.1) is 17.3 Å². The molecule has 0 radical (unpaired) electrons. The van der Waals surface area contributed by atoms with Crippen molar-refractivity contribution in [3.63, 3.8) is 0 Å². The highest BCUT2D eigenvalue weighted by atomic mass is 16.8. The van der Waals surface area contributed by atoms with Crippen LogP contribution in [0.15, 0.2) is 30.3 Å². The van der Waals surface area contributed by atoms with Gasteiger partial charge in [-0.1, -0.05) is 32.0 Å². The molecule has 0 bridgehead atoms. The lowest BCUT2D eigenvalue weighted by atomic mass is 9.51.